The fourth-order valence-electron chi connectivity index (χ4n) is 3.34. The zero-order valence-corrected chi connectivity index (χ0v) is 18.4. The van der Waals surface area contributed by atoms with E-state index in [9.17, 15) is 18.0 Å². The summed E-state index contributed by atoms with van der Waals surface area (Å²) in [5, 5.41) is 0. The summed E-state index contributed by atoms with van der Waals surface area (Å²) in [4.78, 5) is 24.8. The van der Waals surface area contributed by atoms with Crippen molar-refractivity contribution < 1.29 is 22.7 Å². The quantitative estimate of drug-likeness (QED) is 0.459. The molecule has 0 spiro atoms. The van der Waals surface area contributed by atoms with E-state index in [4.69, 9.17) is 4.74 Å². The highest BCUT2D eigenvalue weighted by Gasteiger charge is 2.22. The van der Waals surface area contributed by atoms with Gasteiger partial charge in [-0.3, -0.25) is 4.79 Å². The van der Waals surface area contributed by atoms with Gasteiger partial charge in [-0.05, 0) is 51.1 Å². The van der Waals surface area contributed by atoms with Crippen LogP contribution in [-0.2, 0) is 21.3 Å². The van der Waals surface area contributed by atoms with Gasteiger partial charge in [0, 0.05) is 36.6 Å². The van der Waals surface area contributed by atoms with Crippen molar-refractivity contribution in [3.05, 3.63) is 52.8 Å². The Morgan fingerprint density at radius 2 is 1.62 bits per heavy atom. The molecule has 29 heavy (non-hydrogen) atoms. The normalized spacial score (nSPS) is 11.7. The molecule has 0 saturated carbocycles. The van der Waals surface area contributed by atoms with Crippen LogP contribution in [0.15, 0.2) is 35.2 Å². The van der Waals surface area contributed by atoms with Gasteiger partial charge in [-0.25, -0.2) is 13.2 Å². The first kappa shape index (κ1) is 22.8. The van der Waals surface area contributed by atoms with Gasteiger partial charge in [0.25, 0.3) is 0 Å². The van der Waals surface area contributed by atoms with Crippen molar-refractivity contribution in [2.45, 2.75) is 46.1 Å². The lowest BCUT2D eigenvalue weighted by atomic mass is 10.1. The van der Waals surface area contributed by atoms with Crippen LogP contribution in [0.25, 0.3) is 0 Å². The molecule has 7 nitrogen and oxygen atoms in total. The number of ketones is 1. The summed E-state index contributed by atoms with van der Waals surface area (Å²) in [6.45, 7) is 10.4. The molecule has 0 fully saturated rings. The molecular formula is C21H28N2O5S. The lowest BCUT2D eigenvalue weighted by Crippen LogP contribution is -2.30. The van der Waals surface area contributed by atoms with E-state index in [-0.39, 0.29) is 22.8 Å². The maximum absolute atomic E-state index is 12.5. The Balaban J connectivity index is 2.07. The van der Waals surface area contributed by atoms with E-state index in [1.807, 2.05) is 25.3 Å². The van der Waals surface area contributed by atoms with Gasteiger partial charge >= 0.3 is 5.97 Å². The van der Waals surface area contributed by atoms with Crippen LogP contribution in [0.5, 0.6) is 0 Å². The van der Waals surface area contributed by atoms with Crippen LogP contribution < -0.4 is 0 Å². The minimum Gasteiger partial charge on any atom is -0.454 e. The Hall–Kier alpha value is -2.45. The predicted molar refractivity (Wildman–Crippen MR) is 111 cm³/mol. The minimum atomic E-state index is -3.59. The van der Waals surface area contributed by atoms with Crippen molar-refractivity contribution in [3.63, 3.8) is 0 Å². The van der Waals surface area contributed by atoms with Gasteiger partial charge in [0.1, 0.15) is 0 Å². The van der Waals surface area contributed by atoms with Crippen molar-refractivity contribution in [2.75, 3.05) is 19.7 Å². The van der Waals surface area contributed by atoms with Crippen molar-refractivity contribution in [1.29, 1.82) is 0 Å². The van der Waals surface area contributed by atoms with Crippen molar-refractivity contribution in [3.8, 4) is 0 Å². The largest absolute Gasteiger partial charge is 0.454 e. The van der Waals surface area contributed by atoms with Gasteiger partial charge in [0.2, 0.25) is 15.8 Å². The Kier molecular flexibility index (Phi) is 7.37. The smallest absolute Gasteiger partial charge is 0.338 e. The first-order valence-corrected chi connectivity index (χ1v) is 11.1. The van der Waals surface area contributed by atoms with E-state index < -0.39 is 16.0 Å². The van der Waals surface area contributed by atoms with Crippen LogP contribution >= 0.6 is 0 Å². The molecule has 1 heterocycles. The molecule has 1 aromatic heterocycles. The highest BCUT2D eigenvalue weighted by Crippen LogP contribution is 2.18. The number of ether oxygens (including phenoxy) is 1. The van der Waals surface area contributed by atoms with E-state index in [1.165, 1.54) is 28.6 Å². The second kappa shape index (κ2) is 9.37. The zero-order chi connectivity index (χ0) is 21.8. The third kappa shape index (κ3) is 4.76. The highest BCUT2D eigenvalue weighted by molar-refractivity contribution is 7.89. The molecule has 0 saturated heterocycles. The summed E-state index contributed by atoms with van der Waals surface area (Å²) < 4.78 is 33.5. The number of benzene rings is 1. The Morgan fingerprint density at radius 3 is 2.10 bits per heavy atom. The number of aromatic nitrogens is 1. The molecule has 0 amide bonds. The molecule has 0 N–H and O–H groups in total. The van der Waals surface area contributed by atoms with E-state index >= 15 is 0 Å². The van der Waals surface area contributed by atoms with Gasteiger partial charge in [-0.15, -0.1) is 0 Å². The number of carbonyl (C=O) groups is 2. The van der Waals surface area contributed by atoms with Crippen LogP contribution in [0.3, 0.4) is 0 Å². The number of Topliss-reactive ketones (excluding diaryl/α,β-unsaturated/α-hetero) is 1. The number of rotatable bonds is 9. The van der Waals surface area contributed by atoms with Crippen LogP contribution in [0.4, 0.5) is 0 Å². The topological polar surface area (TPSA) is 85.7 Å². The van der Waals surface area contributed by atoms with Gasteiger partial charge in [0.15, 0.2) is 6.61 Å². The molecule has 1 aromatic carbocycles. The second-order valence-corrected chi connectivity index (χ2v) is 8.58. The van der Waals surface area contributed by atoms with Gasteiger partial charge in [0.05, 0.1) is 10.5 Å². The van der Waals surface area contributed by atoms with E-state index in [0.29, 0.717) is 18.7 Å². The third-order valence-corrected chi connectivity index (χ3v) is 7.02. The molecule has 0 aliphatic rings. The van der Waals surface area contributed by atoms with Gasteiger partial charge < -0.3 is 9.30 Å². The number of hydrogen-bond donors (Lipinski definition) is 0. The first-order chi connectivity index (χ1) is 13.7. The number of aryl methyl sites for hydroxylation is 1. The summed E-state index contributed by atoms with van der Waals surface area (Å²) in [5.41, 5.74) is 2.55. The van der Waals surface area contributed by atoms with Crippen molar-refractivity contribution in [2.24, 2.45) is 0 Å². The third-order valence-electron chi connectivity index (χ3n) is 4.96. The van der Waals surface area contributed by atoms with Gasteiger partial charge in [-0.2, -0.15) is 4.31 Å². The highest BCUT2D eigenvalue weighted by atomic mass is 32.2. The number of sulfonamides is 1. The maximum Gasteiger partial charge on any atom is 0.338 e. The number of hydrogen-bond acceptors (Lipinski definition) is 5. The summed E-state index contributed by atoms with van der Waals surface area (Å²) in [7, 11) is -3.59. The molecule has 0 aliphatic carbocycles. The van der Waals surface area contributed by atoms with E-state index in [0.717, 1.165) is 17.9 Å². The fraction of sp³-hybridized carbons (Fsp3) is 0.429. The Labute approximate surface area is 172 Å². The minimum absolute atomic E-state index is 0.112. The van der Waals surface area contributed by atoms with Crippen LogP contribution in [0.1, 0.15) is 52.9 Å². The average Bonchev–Trinajstić information content (AvgIpc) is 3.00. The summed E-state index contributed by atoms with van der Waals surface area (Å²) in [6.07, 6.45) is 0. The SMILES string of the molecule is CCN(CC)S(=O)(=O)c1ccc(C(=O)OCC(=O)c2cc(C)n(CC)c2C)cc1. The predicted octanol–water partition coefficient (Wildman–Crippen LogP) is 3.20. The standard InChI is InChI=1S/C21H28N2O5S/c1-6-22(7-2)29(26,27)18-11-9-17(10-12-18)21(25)28-14-20(24)19-13-15(4)23(8-3)16(19)5/h9-13H,6-8,14H2,1-5H3. The molecular weight excluding hydrogens is 392 g/mol. The molecule has 8 heteroatoms. The molecule has 2 rings (SSSR count). The molecule has 0 atom stereocenters. The molecule has 0 bridgehead atoms. The van der Waals surface area contributed by atoms with Crippen molar-refractivity contribution >= 4 is 21.8 Å². The molecule has 0 unspecified atom stereocenters. The Bertz CT molecular complexity index is 987. The second-order valence-electron chi connectivity index (χ2n) is 6.64. The number of nitrogens with zero attached hydrogens (tertiary/aromatic N) is 2. The van der Waals surface area contributed by atoms with E-state index in [1.54, 1.807) is 19.9 Å². The summed E-state index contributed by atoms with van der Waals surface area (Å²) >= 11 is 0. The van der Waals surface area contributed by atoms with Crippen LogP contribution in [0.2, 0.25) is 0 Å². The molecule has 0 radical (unpaired) electrons. The molecule has 158 valence electrons. The monoisotopic (exact) mass is 420 g/mol. The Morgan fingerprint density at radius 1 is 1.03 bits per heavy atom. The fourth-order valence-corrected chi connectivity index (χ4v) is 4.80. The number of carbonyl (C=O) groups excluding carboxylic acids is 2. The molecule has 0 aliphatic heterocycles. The lowest BCUT2D eigenvalue weighted by molar-refractivity contribution is 0.0474. The lowest BCUT2D eigenvalue weighted by Gasteiger charge is -2.18. The summed E-state index contributed by atoms with van der Waals surface area (Å²) in [5.74, 6) is -0.943. The van der Waals surface area contributed by atoms with Crippen molar-refractivity contribution in [1.82, 2.24) is 8.87 Å². The zero-order valence-electron chi connectivity index (χ0n) is 17.6. The molecule has 2 aromatic rings. The first-order valence-electron chi connectivity index (χ1n) is 9.64. The van der Waals surface area contributed by atoms with Crippen LogP contribution in [-0.4, -0.2) is 48.7 Å². The summed E-state index contributed by atoms with van der Waals surface area (Å²) in [6, 6.07) is 7.34. The van der Waals surface area contributed by atoms with Gasteiger partial charge in [-0.1, -0.05) is 13.8 Å². The number of esters is 1. The van der Waals surface area contributed by atoms with Crippen LogP contribution in [0, 0.1) is 13.8 Å². The van der Waals surface area contributed by atoms with E-state index in [2.05, 4.69) is 0 Å². The maximum atomic E-state index is 12.5. The average molecular weight is 421 g/mol.